The lowest BCUT2D eigenvalue weighted by Gasteiger charge is -2.23. The number of aldehydes is 1. The first-order chi connectivity index (χ1) is 10.1. The monoisotopic (exact) mass is 302 g/mol. The summed E-state index contributed by atoms with van der Waals surface area (Å²) in [5, 5.41) is 0. The zero-order valence-corrected chi connectivity index (χ0v) is 14.4. The summed E-state index contributed by atoms with van der Waals surface area (Å²) in [6.45, 7) is 11.4. The number of rotatable bonds is 7. The van der Waals surface area contributed by atoms with E-state index in [0.29, 0.717) is 35.8 Å². The van der Waals surface area contributed by atoms with E-state index in [1.54, 1.807) is 18.2 Å². The molecule has 0 aliphatic carbocycles. The van der Waals surface area contributed by atoms with Crippen molar-refractivity contribution in [2.24, 2.45) is 10.8 Å². The third-order valence-electron chi connectivity index (χ3n) is 4.61. The van der Waals surface area contributed by atoms with Gasteiger partial charge in [0.05, 0.1) is 0 Å². The predicted molar refractivity (Wildman–Crippen MR) is 88.6 cm³/mol. The molecule has 1 rings (SSSR count). The van der Waals surface area contributed by atoms with Crippen molar-refractivity contribution in [2.75, 3.05) is 0 Å². The fourth-order valence-electron chi connectivity index (χ4n) is 2.08. The van der Waals surface area contributed by atoms with Crippen LogP contribution in [0.4, 0.5) is 0 Å². The topological polar surface area (TPSA) is 51.2 Å². The molecule has 0 fully saturated rings. The van der Waals surface area contributed by atoms with Crippen LogP contribution in [-0.4, -0.2) is 17.9 Å². The highest BCUT2D eigenvalue weighted by molar-refractivity contribution is 6.06. The second-order valence-corrected chi connectivity index (χ2v) is 7.09. The van der Waals surface area contributed by atoms with E-state index >= 15 is 0 Å². The van der Waals surface area contributed by atoms with Crippen LogP contribution in [0.5, 0.6) is 0 Å². The second kappa shape index (κ2) is 6.55. The number of hydrogen-bond donors (Lipinski definition) is 0. The van der Waals surface area contributed by atoms with Crippen LogP contribution in [0.25, 0.3) is 0 Å². The molecule has 0 saturated carbocycles. The van der Waals surface area contributed by atoms with Crippen LogP contribution in [0, 0.1) is 10.8 Å². The minimum Gasteiger partial charge on any atom is -0.298 e. The Hall–Kier alpha value is -1.77. The van der Waals surface area contributed by atoms with Crippen molar-refractivity contribution in [3.63, 3.8) is 0 Å². The number of hydrogen-bond acceptors (Lipinski definition) is 3. The van der Waals surface area contributed by atoms with Crippen molar-refractivity contribution >= 4 is 17.9 Å². The van der Waals surface area contributed by atoms with Gasteiger partial charge in [0.1, 0.15) is 6.29 Å². The van der Waals surface area contributed by atoms with Gasteiger partial charge < -0.3 is 0 Å². The van der Waals surface area contributed by atoms with Gasteiger partial charge in [0, 0.05) is 27.5 Å². The summed E-state index contributed by atoms with van der Waals surface area (Å²) in [6.07, 6.45) is 2.08. The van der Waals surface area contributed by atoms with Crippen LogP contribution in [0.1, 0.15) is 85.5 Å². The van der Waals surface area contributed by atoms with E-state index in [4.69, 9.17) is 0 Å². The van der Waals surface area contributed by atoms with E-state index in [0.717, 1.165) is 0 Å². The molecular weight excluding hydrogens is 276 g/mol. The summed E-state index contributed by atoms with van der Waals surface area (Å²) in [4.78, 5) is 36.4. The van der Waals surface area contributed by atoms with E-state index in [1.807, 2.05) is 41.5 Å². The Labute approximate surface area is 133 Å². The largest absolute Gasteiger partial charge is 0.298 e. The average Bonchev–Trinajstić information content (AvgIpc) is 2.52. The van der Waals surface area contributed by atoms with Crippen molar-refractivity contribution in [2.45, 2.75) is 54.4 Å². The highest BCUT2D eigenvalue weighted by Gasteiger charge is 2.30. The maximum atomic E-state index is 12.6. The quantitative estimate of drug-likeness (QED) is 0.540. The smallest absolute Gasteiger partial charge is 0.168 e. The molecule has 1 aromatic rings. The summed E-state index contributed by atoms with van der Waals surface area (Å²) in [5.41, 5.74) is 0.218. The van der Waals surface area contributed by atoms with E-state index in [1.165, 1.54) is 0 Å². The van der Waals surface area contributed by atoms with E-state index in [-0.39, 0.29) is 11.6 Å². The summed E-state index contributed by atoms with van der Waals surface area (Å²) in [6, 6.07) is 4.78. The highest BCUT2D eigenvalue weighted by Crippen LogP contribution is 2.29. The van der Waals surface area contributed by atoms with Crippen LogP contribution in [0.3, 0.4) is 0 Å². The van der Waals surface area contributed by atoms with Gasteiger partial charge in [-0.2, -0.15) is 0 Å². The summed E-state index contributed by atoms with van der Waals surface area (Å²) < 4.78 is 0. The third-order valence-corrected chi connectivity index (χ3v) is 4.61. The minimum atomic E-state index is -0.512. The number of Topliss-reactive ketones (excluding diaryl/α,β-unsaturated/α-hetero) is 2. The first-order valence-electron chi connectivity index (χ1n) is 7.79. The maximum Gasteiger partial charge on any atom is 0.168 e. The number of ketones is 2. The van der Waals surface area contributed by atoms with Crippen molar-refractivity contribution in [3.8, 4) is 0 Å². The molecule has 0 aromatic heterocycles. The molecule has 0 aliphatic rings. The second-order valence-electron chi connectivity index (χ2n) is 7.09. The molecule has 0 N–H and O–H groups in total. The molecule has 0 saturated heterocycles. The molecule has 0 radical (unpaired) electrons. The number of benzene rings is 1. The lowest BCUT2D eigenvalue weighted by molar-refractivity contribution is 0.0830. The Morgan fingerprint density at radius 3 is 1.50 bits per heavy atom. The van der Waals surface area contributed by atoms with Crippen molar-refractivity contribution in [1.29, 1.82) is 0 Å². The van der Waals surface area contributed by atoms with E-state index in [9.17, 15) is 14.4 Å². The van der Waals surface area contributed by atoms with Gasteiger partial charge in [-0.05, 0) is 31.0 Å². The molecule has 3 heteroatoms. The van der Waals surface area contributed by atoms with Crippen LogP contribution >= 0.6 is 0 Å². The molecule has 3 nitrogen and oxygen atoms in total. The Morgan fingerprint density at radius 2 is 1.23 bits per heavy atom. The van der Waals surface area contributed by atoms with Crippen LogP contribution in [0.2, 0.25) is 0 Å². The summed E-state index contributed by atoms with van der Waals surface area (Å²) in [5.74, 6) is -0.0795. The van der Waals surface area contributed by atoms with E-state index < -0.39 is 10.8 Å². The molecule has 1 aromatic carbocycles. The lowest BCUT2D eigenvalue weighted by atomic mass is 9.78. The molecule has 0 amide bonds. The molecule has 0 bridgehead atoms. The summed E-state index contributed by atoms with van der Waals surface area (Å²) in [7, 11) is 0. The lowest BCUT2D eigenvalue weighted by Crippen LogP contribution is -2.26. The summed E-state index contributed by atoms with van der Waals surface area (Å²) >= 11 is 0. The molecular formula is C19H26O3. The Balaban J connectivity index is 3.40. The van der Waals surface area contributed by atoms with Crippen molar-refractivity contribution in [1.82, 2.24) is 0 Å². The van der Waals surface area contributed by atoms with Gasteiger partial charge in [0.2, 0.25) is 0 Å². The fraction of sp³-hybridized carbons (Fsp3) is 0.526. The van der Waals surface area contributed by atoms with Crippen LogP contribution < -0.4 is 0 Å². The standard InChI is InChI=1S/C19H26O3/c1-7-18(3,4)16(21)14-9-13(12-20)10-15(11-14)17(22)19(5,6)8-2/h9-12H,7-8H2,1-6H3. The maximum absolute atomic E-state index is 12.6. The molecule has 0 heterocycles. The van der Waals surface area contributed by atoms with Gasteiger partial charge in [0.15, 0.2) is 11.6 Å². The molecule has 120 valence electrons. The van der Waals surface area contributed by atoms with Crippen molar-refractivity contribution < 1.29 is 14.4 Å². The average molecular weight is 302 g/mol. The molecule has 0 unspecified atom stereocenters. The predicted octanol–water partition coefficient (Wildman–Crippen LogP) is 4.74. The first kappa shape index (κ1) is 18.3. The normalized spacial score (nSPS) is 12.1. The van der Waals surface area contributed by atoms with Gasteiger partial charge in [-0.3, -0.25) is 14.4 Å². The zero-order chi connectivity index (χ0) is 17.1. The Morgan fingerprint density at radius 1 is 0.864 bits per heavy atom. The zero-order valence-electron chi connectivity index (χ0n) is 14.4. The van der Waals surface area contributed by atoms with Gasteiger partial charge in [-0.15, -0.1) is 0 Å². The van der Waals surface area contributed by atoms with Gasteiger partial charge in [0.25, 0.3) is 0 Å². The first-order valence-corrected chi connectivity index (χ1v) is 7.79. The van der Waals surface area contributed by atoms with Crippen molar-refractivity contribution in [3.05, 3.63) is 34.9 Å². The molecule has 22 heavy (non-hydrogen) atoms. The number of carbonyl (C=O) groups is 3. The SMILES string of the molecule is CCC(C)(C)C(=O)c1cc(C=O)cc(C(=O)C(C)(C)CC)c1. The van der Waals surface area contributed by atoms with Gasteiger partial charge >= 0.3 is 0 Å². The minimum absolute atomic E-state index is 0.0398. The van der Waals surface area contributed by atoms with Crippen LogP contribution in [0.15, 0.2) is 18.2 Å². The molecule has 0 spiro atoms. The Bertz CT molecular complexity index is 548. The molecule has 0 aliphatic heterocycles. The fourth-order valence-corrected chi connectivity index (χ4v) is 2.08. The third kappa shape index (κ3) is 3.70. The highest BCUT2D eigenvalue weighted by atomic mass is 16.1. The van der Waals surface area contributed by atoms with E-state index in [2.05, 4.69) is 0 Å². The van der Waals surface area contributed by atoms with Gasteiger partial charge in [-0.25, -0.2) is 0 Å². The molecule has 0 atom stereocenters. The van der Waals surface area contributed by atoms with Gasteiger partial charge in [-0.1, -0.05) is 41.5 Å². The van der Waals surface area contributed by atoms with Crippen LogP contribution in [-0.2, 0) is 0 Å². The Kier molecular flexibility index (Phi) is 5.44. The number of carbonyl (C=O) groups excluding carboxylic acids is 3.